The zero-order valence-electron chi connectivity index (χ0n) is 16.2. The van der Waals surface area contributed by atoms with Gasteiger partial charge in [0.2, 0.25) is 5.91 Å². The summed E-state index contributed by atoms with van der Waals surface area (Å²) >= 11 is 1.69. The standard InChI is InChI=1S/C21H29N3OS/c1-14(2)17-5-7-18(8-6-17)16(4)23-20(25)19-9-11-24(12-10-19)21-22-15(3)13-26-21/h5-8,13-14,16,19H,9-12H2,1-4H3,(H,23,25)/t16-/m1/s1. The Morgan fingerprint density at radius 2 is 1.77 bits per heavy atom. The average molecular weight is 372 g/mol. The largest absolute Gasteiger partial charge is 0.349 e. The molecule has 2 aromatic rings. The van der Waals surface area contributed by atoms with Crippen molar-refractivity contribution in [1.82, 2.24) is 10.3 Å². The van der Waals surface area contributed by atoms with Crippen LogP contribution in [0.25, 0.3) is 0 Å². The van der Waals surface area contributed by atoms with Gasteiger partial charge in [-0.15, -0.1) is 11.3 Å². The Balaban J connectivity index is 1.52. The van der Waals surface area contributed by atoms with Crippen LogP contribution in [0, 0.1) is 12.8 Å². The van der Waals surface area contributed by atoms with Crippen molar-refractivity contribution in [1.29, 1.82) is 0 Å². The van der Waals surface area contributed by atoms with Gasteiger partial charge < -0.3 is 10.2 Å². The van der Waals surface area contributed by atoms with Crippen molar-refractivity contribution in [2.24, 2.45) is 5.92 Å². The van der Waals surface area contributed by atoms with Gasteiger partial charge in [-0.2, -0.15) is 0 Å². The van der Waals surface area contributed by atoms with E-state index in [4.69, 9.17) is 0 Å². The number of benzene rings is 1. The molecular weight excluding hydrogens is 342 g/mol. The summed E-state index contributed by atoms with van der Waals surface area (Å²) in [6.45, 7) is 10.3. The first-order chi connectivity index (χ1) is 12.4. The van der Waals surface area contributed by atoms with E-state index in [9.17, 15) is 4.79 Å². The third-order valence-corrected chi connectivity index (χ3v) is 6.22. The minimum absolute atomic E-state index is 0.0448. The highest BCUT2D eigenvalue weighted by molar-refractivity contribution is 7.13. The van der Waals surface area contributed by atoms with E-state index in [1.807, 2.05) is 6.92 Å². The zero-order valence-corrected chi connectivity index (χ0v) is 17.0. The summed E-state index contributed by atoms with van der Waals surface area (Å²) in [5.41, 5.74) is 3.57. The van der Waals surface area contributed by atoms with Crippen LogP contribution in [0.4, 0.5) is 5.13 Å². The number of hydrogen-bond acceptors (Lipinski definition) is 4. The Bertz CT molecular complexity index is 730. The Hall–Kier alpha value is -1.88. The molecule has 0 radical (unpaired) electrons. The fraction of sp³-hybridized carbons (Fsp3) is 0.524. The first-order valence-electron chi connectivity index (χ1n) is 9.51. The van der Waals surface area contributed by atoms with Crippen molar-refractivity contribution in [2.75, 3.05) is 18.0 Å². The van der Waals surface area contributed by atoms with E-state index in [1.54, 1.807) is 11.3 Å². The van der Waals surface area contributed by atoms with Crippen LogP contribution in [0.2, 0.25) is 0 Å². The van der Waals surface area contributed by atoms with Crippen molar-refractivity contribution in [2.45, 2.75) is 52.5 Å². The molecule has 1 amide bonds. The van der Waals surface area contributed by atoms with E-state index in [0.717, 1.165) is 36.8 Å². The number of nitrogens with one attached hydrogen (secondary N) is 1. The summed E-state index contributed by atoms with van der Waals surface area (Å²) in [6, 6.07) is 8.64. The third-order valence-electron chi connectivity index (χ3n) is 5.21. The van der Waals surface area contributed by atoms with Crippen molar-refractivity contribution in [3.05, 3.63) is 46.5 Å². The van der Waals surface area contributed by atoms with Gasteiger partial charge >= 0.3 is 0 Å². The van der Waals surface area contributed by atoms with Gasteiger partial charge in [0, 0.05) is 24.4 Å². The highest BCUT2D eigenvalue weighted by Gasteiger charge is 2.27. The van der Waals surface area contributed by atoms with Crippen molar-refractivity contribution in [3.63, 3.8) is 0 Å². The predicted octanol–water partition coefficient (Wildman–Crippen LogP) is 4.67. The lowest BCUT2D eigenvalue weighted by Gasteiger charge is -2.31. The number of aryl methyl sites for hydroxylation is 1. The quantitative estimate of drug-likeness (QED) is 0.831. The van der Waals surface area contributed by atoms with E-state index in [2.05, 4.69) is 65.6 Å². The SMILES string of the molecule is Cc1csc(N2CCC(C(=O)N[C@H](C)c3ccc(C(C)C)cc3)CC2)n1. The predicted molar refractivity (Wildman–Crippen MR) is 109 cm³/mol. The van der Waals surface area contributed by atoms with Crippen LogP contribution in [-0.2, 0) is 4.79 Å². The summed E-state index contributed by atoms with van der Waals surface area (Å²) in [5.74, 6) is 0.811. The molecule has 1 atom stereocenters. The normalized spacial score (nSPS) is 16.7. The fourth-order valence-electron chi connectivity index (χ4n) is 3.40. The topological polar surface area (TPSA) is 45.2 Å². The molecule has 4 nitrogen and oxygen atoms in total. The number of thiazole rings is 1. The van der Waals surface area contributed by atoms with Gasteiger partial charge in [-0.25, -0.2) is 4.98 Å². The molecule has 5 heteroatoms. The van der Waals surface area contributed by atoms with E-state index in [-0.39, 0.29) is 17.9 Å². The Kier molecular flexibility index (Phi) is 5.97. The van der Waals surface area contributed by atoms with Crippen LogP contribution in [-0.4, -0.2) is 24.0 Å². The highest BCUT2D eigenvalue weighted by atomic mass is 32.1. The van der Waals surface area contributed by atoms with Gasteiger partial charge in [0.15, 0.2) is 5.13 Å². The lowest BCUT2D eigenvalue weighted by Crippen LogP contribution is -2.41. The maximum atomic E-state index is 12.7. The molecule has 26 heavy (non-hydrogen) atoms. The molecule has 1 N–H and O–H groups in total. The number of carbonyl (C=O) groups is 1. The molecule has 1 aliphatic heterocycles. The molecule has 1 aromatic carbocycles. The van der Waals surface area contributed by atoms with Gasteiger partial charge in [0.1, 0.15) is 0 Å². The van der Waals surface area contributed by atoms with Crippen LogP contribution < -0.4 is 10.2 Å². The van der Waals surface area contributed by atoms with Crippen molar-refractivity contribution >= 4 is 22.4 Å². The van der Waals surface area contributed by atoms with E-state index in [1.165, 1.54) is 11.1 Å². The number of anilines is 1. The summed E-state index contributed by atoms with van der Waals surface area (Å²) in [7, 11) is 0. The molecular formula is C21H29N3OS. The second-order valence-corrected chi connectivity index (χ2v) is 8.42. The third kappa shape index (κ3) is 4.44. The molecule has 0 saturated carbocycles. The molecule has 140 valence electrons. The maximum Gasteiger partial charge on any atom is 0.223 e. The number of carbonyl (C=O) groups excluding carboxylic acids is 1. The Labute approximate surface area is 160 Å². The van der Waals surface area contributed by atoms with E-state index in [0.29, 0.717) is 5.92 Å². The maximum absolute atomic E-state index is 12.7. The molecule has 1 aromatic heterocycles. The Morgan fingerprint density at radius 3 is 2.31 bits per heavy atom. The van der Waals surface area contributed by atoms with Gasteiger partial charge in [0.25, 0.3) is 0 Å². The number of hydrogen-bond donors (Lipinski definition) is 1. The number of rotatable bonds is 5. The highest BCUT2D eigenvalue weighted by Crippen LogP contribution is 2.27. The lowest BCUT2D eigenvalue weighted by atomic mass is 9.95. The molecule has 0 aliphatic carbocycles. The van der Waals surface area contributed by atoms with Gasteiger partial charge in [-0.1, -0.05) is 38.1 Å². The fourth-order valence-corrected chi connectivity index (χ4v) is 4.26. The molecule has 0 spiro atoms. The molecule has 0 bridgehead atoms. The first kappa shape index (κ1) is 18.9. The summed E-state index contributed by atoms with van der Waals surface area (Å²) in [6.07, 6.45) is 1.78. The number of nitrogens with zero attached hydrogens (tertiary/aromatic N) is 2. The average Bonchev–Trinajstić information content (AvgIpc) is 3.08. The second-order valence-electron chi connectivity index (χ2n) is 7.58. The van der Waals surface area contributed by atoms with Gasteiger partial charge in [-0.05, 0) is 43.7 Å². The van der Waals surface area contributed by atoms with Gasteiger partial charge in [0.05, 0.1) is 11.7 Å². The van der Waals surface area contributed by atoms with Crippen LogP contribution in [0.5, 0.6) is 0 Å². The van der Waals surface area contributed by atoms with Crippen LogP contribution >= 0.6 is 11.3 Å². The van der Waals surface area contributed by atoms with Gasteiger partial charge in [-0.3, -0.25) is 4.79 Å². The molecule has 1 saturated heterocycles. The van der Waals surface area contributed by atoms with Crippen LogP contribution in [0.15, 0.2) is 29.6 Å². The summed E-state index contributed by atoms with van der Waals surface area (Å²) in [5, 5.41) is 6.37. The molecule has 1 aliphatic rings. The van der Waals surface area contributed by atoms with E-state index >= 15 is 0 Å². The monoisotopic (exact) mass is 371 g/mol. The molecule has 1 fully saturated rings. The lowest BCUT2D eigenvalue weighted by molar-refractivity contribution is -0.126. The summed E-state index contributed by atoms with van der Waals surface area (Å²) < 4.78 is 0. The minimum Gasteiger partial charge on any atom is -0.349 e. The van der Waals surface area contributed by atoms with Crippen molar-refractivity contribution < 1.29 is 4.79 Å². The van der Waals surface area contributed by atoms with Crippen molar-refractivity contribution in [3.8, 4) is 0 Å². The molecule has 3 rings (SSSR count). The number of aromatic nitrogens is 1. The molecule has 0 unspecified atom stereocenters. The minimum atomic E-state index is 0.0448. The zero-order chi connectivity index (χ0) is 18.7. The second kappa shape index (κ2) is 8.21. The first-order valence-corrected chi connectivity index (χ1v) is 10.4. The molecule has 2 heterocycles. The van der Waals surface area contributed by atoms with Crippen LogP contribution in [0.1, 0.15) is 62.4 Å². The Morgan fingerprint density at radius 1 is 1.15 bits per heavy atom. The van der Waals surface area contributed by atoms with E-state index < -0.39 is 0 Å². The summed E-state index contributed by atoms with van der Waals surface area (Å²) in [4.78, 5) is 19.5. The number of piperidine rings is 1. The smallest absolute Gasteiger partial charge is 0.223 e. The number of amides is 1. The van der Waals surface area contributed by atoms with Crippen LogP contribution in [0.3, 0.4) is 0 Å².